The zero-order chi connectivity index (χ0) is 31.0. The van der Waals surface area contributed by atoms with Crippen LogP contribution in [0.2, 0.25) is 10.0 Å². The van der Waals surface area contributed by atoms with Crippen LogP contribution in [-0.4, -0.2) is 58.5 Å². The second-order valence-electron chi connectivity index (χ2n) is 9.59. The van der Waals surface area contributed by atoms with Crippen molar-refractivity contribution < 1.29 is 27.5 Å². The van der Waals surface area contributed by atoms with Crippen molar-refractivity contribution in [3.05, 3.63) is 81.8 Å². The summed E-state index contributed by atoms with van der Waals surface area (Å²) in [5.41, 5.74) is 1.74. The molecule has 1 atom stereocenters. The van der Waals surface area contributed by atoms with E-state index in [-0.39, 0.29) is 28.8 Å². The van der Waals surface area contributed by atoms with Crippen molar-refractivity contribution in [2.45, 2.75) is 44.7 Å². The topological polar surface area (TPSA) is 105 Å². The van der Waals surface area contributed by atoms with Crippen LogP contribution in [0.25, 0.3) is 0 Å². The maximum Gasteiger partial charge on any atom is 0.264 e. The molecule has 1 N–H and O–H groups in total. The molecular formula is C30H35Cl2N3O6S. The van der Waals surface area contributed by atoms with Crippen molar-refractivity contribution in [3.63, 3.8) is 0 Å². The molecule has 3 aromatic carbocycles. The second-order valence-corrected chi connectivity index (χ2v) is 12.3. The first-order valence-electron chi connectivity index (χ1n) is 13.3. The molecule has 0 saturated heterocycles. The summed E-state index contributed by atoms with van der Waals surface area (Å²) in [7, 11) is -1.44. The Bertz CT molecular complexity index is 1520. The number of hydrogen-bond donors (Lipinski definition) is 1. The molecule has 0 heterocycles. The number of benzene rings is 3. The quantitative estimate of drug-likeness (QED) is 0.267. The fraction of sp³-hybridized carbons (Fsp3) is 0.333. The van der Waals surface area contributed by atoms with E-state index in [2.05, 4.69) is 5.32 Å². The van der Waals surface area contributed by atoms with Crippen molar-refractivity contribution in [3.8, 4) is 11.5 Å². The number of halogens is 2. The van der Waals surface area contributed by atoms with Crippen molar-refractivity contribution in [2.75, 3.05) is 31.6 Å². The van der Waals surface area contributed by atoms with Gasteiger partial charge in [0.15, 0.2) is 11.5 Å². The molecule has 226 valence electrons. The van der Waals surface area contributed by atoms with E-state index in [9.17, 15) is 18.0 Å². The summed E-state index contributed by atoms with van der Waals surface area (Å²) in [6, 6.07) is 14.9. The predicted octanol–water partition coefficient (Wildman–Crippen LogP) is 5.46. The van der Waals surface area contributed by atoms with Crippen molar-refractivity contribution in [2.24, 2.45) is 0 Å². The van der Waals surface area contributed by atoms with Crippen molar-refractivity contribution >= 4 is 50.7 Å². The molecule has 0 aromatic heterocycles. The lowest BCUT2D eigenvalue weighted by molar-refractivity contribution is -0.139. The van der Waals surface area contributed by atoms with Gasteiger partial charge in [0.2, 0.25) is 11.8 Å². The number of rotatable bonds is 13. The van der Waals surface area contributed by atoms with Crippen LogP contribution in [0, 0.1) is 6.92 Å². The van der Waals surface area contributed by atoms with Crippen LogP contribution >= 0.6 is 23.2 Å². The molecule has 42 heavy (non-hydrogen) atoms. The number of nitrogens with one attached hydrogen (secondary N) is 1. The zero-order valence-electron chi connectivity index (χ0n) is 24.2. The molecular weight excluding hydrogens is 601 g/mol. The molecule has 0 unspecified atom stereocenters. The first-order valence-corrected chi connectivity index (χ1v) is 15.4. The minimum Gasteiger partial charge on any atom is -0.493 e. The van der Waals surface area contributed by atoms with Gasteiger partial charge in [0.25, 0.3) is 10.0 Å². The lowest BCUT2D eigenvalue weighted by Gasteiger charge is -2.32. The van der Waals surface area contributed by atoms with Gasteiger partial charge in [-0.2, -0.15) is 0 Å². The number of nitrogens with zero attached hydrogens (tertiary/aromatic N) is 2. The van der Waals surface area contributed by atoms with E-state index in [0.29, 0.717) is 34.3 Å². The van der Waals surface area contributed by atoms with Gasteiger partial charge < -0.3 is 19.7 Å². The molecule has 0 aliphatic heterocycles. The molecule has 2 amide bonds. The van der Waals surface area contributed by atoms with Crippen LogP contribution in [0.4, 0.5) is 5.69 Å². The Labute approximate surface area is 257 Å². The number of hydrogen-bond acceptors (Lipinski definition) is 6. The lowest BCUT2D eigenvalue weighted by Crippen LogP contribution is -2.51. The highest BCUT2D eigenvalue weighted by Gasteiger charge is 2.33. The van der Waals surface area contributed by atoms with E-state index < -0.39 is 28.5 Å². The predicted molar refractivity (Wildman–Crippen MR) is 165 cm³/mol. The first-order chi connectivity index (χ1) is 19.9. The fourth-order valence-corrected chi connectivity index (χ4v) is 6.05. The van der Waals surface area contributed by atoms with Gasteiger partial charge >= 0.3 is 0 Å². The Morgan fingerprint density at radius 1 is 0.952 bits per heavy atom. The molecule has 0 bridgehead atoms. The SMILES string of the molecule is CCCNC(=O)[C@H](C)N(Cc1ccc(Cl)cc1Cl)C(=O)CN(c1ccc(C)cc1)S(=O)(=O)c1ccc(OC)c(OC)c1. The largest absolute Gasteiger partial charge is 0.493 e. The summed E-state index contributed by atoms with van der Waals surface area (Å²) < 4.78 is 39.8. The van der Waals surface area contributed by atoms with Crippen molar-refractivity contribution in [1.29, 1.82) is 0 Å². The molecule has 3 rings (SSSR count). The Balaban J connectivity index is 2.07. The Kier molecular flexibility index (Phi) is 11.5. The van der Waals surface area contributed by atoms with Crippen LogP contribution in [0.15, 0.2) is 65.6 Å². The normalized spacial score (nSPS) is 11.9. The minimum absolute atomic E-state index is 0.0479. The molecule has 0 aliphatic rings. The van der Waals surface area contributed by atoms with Gasteiger partial charge in [0.1, 0.15) is 12.6 Å². The third-order valence-corrected chi connectivity index (χ3v) is 8.97. The molecule has 0 radical (unpaired) electrons. The van der Waals surface area contributed by atoms with Gasteiger partial charge in [-0.05, 0) is 62.2 Å². The maximum absolute atomic E-state index is 14.1. The van der Waals surface area contributed by atoms with Crippen molar-refractivity contribution in [1.82, 2.24) is 10.2 Å². The van der Waals surface area contributed by atoms with E-state index in [1.165, 1.54) is 37.3 Å². The Morgan fingerprint density at radius 3 is 2.21 bits per heavy atom. The summed E-state index contributed by atoms with van der Waals surface area (Å²) in [4.78, 5) is 28.2. The molecule has 3 aromatic rings. The second kappa shape index (κ2) is 14.6. The van der Waals surface area contributed by atoms with Gasteiger partial charge in [-0.25, -0.2) is 8.42 Å². The maximum atomic E-state index is 14.1. The van der Waals surface area contributed by atoms with Crippen LogP contribution in [0.1, 0.15) is 31.4 Å². The first kappa shape index (κ1) is 33.0. The number of anilines is 1. The lowest BCUT2D eigenvalue weighted by atomic mass is 10.1. The van der Waals surface area contributed by atoms with Crippen LogP contribution in [0.5, 0.6) is 11.5 Å². The number of ether oxygens (including phenoxy) is 2. The number of amides is 2. The van der Waals surface area contributed by atoms with Gasteiger partial charge in [-0.15, -0.1) is 0 Å². The zero-order valence-corrected chi connectivity index (χ0v) is 26.5. The average Bonchev–Trinajstić information content (AvgIpc) is 2.97. The standard InChI is InChI=1S/C30H35Cl2N3O6S/c1-6-15-33-30(37)21(3)34(18-22-9-10-23(31)16-26(22)32)29(36)19-35(24-11-7-20(2)8-12-24)42(38,39)25-13-14-27(40-4)28(17-25)41-5/h7-14,16-17,21H,6,15,18-19H2,1-5H3,(H,33,37)/t21-/m0/s1. The van der Waals surface area contributed by atoms with E-state index in [1.54, 1.807) is 49.4 Å². The molecule has 0 fully saturated rings. The number of aryl methyl sites for hydroxylation is 1. The van der Waals surface area contributed by atoms with E-state index in [4.69, 9.17) is 32.7 Å². The number of carbonyl (C=O) groups excluding carboxylic acids is 2. The molecule has 0 saturated carbocycles. The third kappa shape index (κ3) is 7.87. The summed E-state index contributed by atoms with van der Waals surface area (Å²) in [5, 5.41) is 3.54. The minimum atomic E-state index is -4.29. The van der Waals surface area contributed by atoms with E-state index >= 15 is 0 Å². The highest BCUT2D eigenvalue weighted by atomic mass is 35.5. The van der Waals surface area contributed by atoms with Gasteiger partial charge in [0, 0.05) is 29.2 Å². The van der Waals surface area contributed by atoms with E-state index in [0.717, 1.165) is 9.87 Å². The highest BCUT2D eigenvalue weighted by Crippen LogP contribution is 2.32. The summed E-state index contributed by atoms with van der Waals surface area (Å²) in [6.07, 6.45) is 0.709. The highest BCUT2D eigenvalue weighted by molar-refractivity contribution is 7.92. The molecule has 9 nitrogen and oxygen atoms in total. The summed E-state index contributed by atoms with van der Waals surface area (Å²) >= 11 is 12.5. The van der Waals surface area contributed by atoms with Gasteiger partial charge in [-0.3, -0.25) is 13.9 Å². The van der Waals surface area contributed by atoms with Gasteiger partial charge in [0.05, 0.1) is 24.8 Å². The summed E-state index contributed by atoms with van der Waals surface area (Å²) in [6.45, 7) is 5.17. The molecule has 0 spiro atoms. The average molecular weight is 637 g/mol. The number of sulfonamides is 1. The smallest absolute Gasteiger partial charge is 0.264 e. The molecule has 12 heteroatoms. The Hall–Kier alpha value is -3.47. The number of methoxy groups -OCH3 is 2. The van der Waals surface area contributed by atoms with E-state index in [1.807, 2.05) is 13.8 Å². The van der Waals surface area contributed by atoms with Crippen LogP contribution in [0.3, 0.4) is 0 Å². The Morgan fingerprint density at radius 2 is 1.62 bits per heavy atom. The summed E-state index contributed by atoms with van der Waals surface area (Å²) in [5.74, 6) is -0.411. The monoisotopic (exact) mass is 635 g/mol. The van der Waals surface area contributed by atoms with Crippen LogP contribution < -0.4 is 19.1 Å². The molecule has 0 aliphatic carbocycles. The third-order valence-electron chi connectivity index (χ3n) is 6.62. The van der Waals surface area contributed by atoms with Gasteiger partial charge in [-0.1, -0.05) is 53.9 Å². The van der Waals surface area contributed by atoms with Crippen LogP contribution in [-0.2, 0) is 26.2 Å². The fourth-order valence-electron chi connectivity index (χ4n) is 4.16. The number of carbonyl (C=O) groups is 2.